The van der Waals surface area contributed by atoms with Gasteiger partial charge in [-0.2, -0.15) is 0 Å². The van der Waals surface area contributed by atoms with Gasteiger partial charge in [0.15, 0.2) is 0 Å². The number of amides is 2. The minimum Gasteiger partial charge on any atom is -0.352 e. The second-order valence-electron chi connectivity index (χ2n) is 7.96. The minimum atomic E-state index is -3.84. The molecule has 2 aromatic rings. The molecule has 0 saturated carbocycles. The second-order valence-corrected chi connectivity index (χ2v) is 10.7. The van der Waals surface area contributed by atoms with E-state index in [1.54, 1.807) is 49.4 Å². The van der Waals surface area contributed by atoms with E-state index < -0.39 is 28.5 Å². The molecule has 0 aromatic heterocycles. The van der Waals surface area contributed by atoms with Crippen LogP contribution in [-0.4, -0.2) is 50.0 Å². The normalized spacial score (nSPS) is 12.3. The Bertz CT molecular complexity index is 1080. The Hall–Kier alpha value is -2.29. The van der Waals surface area contributed by atoms with Gasteiger partial charge in [0, 0.05) is 17.6 Å². The fourth-order valence-corrected chi connectivity index (χ4v) is 4.61. The van der Waals surface area contributed by atoms with Gasteiger partial charge in [0.2, 0.25) is 21.8 Å². The lowest BCUT2D eigenvalue weighted by atomic mass is 10.1. The van der Waals surface area contributed by atoms with Gasteiger partial charge in [-0.25, -0.2) is 8.42 Å². The predicted octanol–water partition coefficient (Wildman–Crippen LogP) is 4.09. The zero-order valence-corrected chi connectivity index (χ0v) is 21.4. The molecule has 0 aliphatic carbocycles. The number of nitrogens with one attached hydrogen (secondary N) is 1. The molecule has 0 fully saturated rings. The van der Waals surface area contributed by atoms with Crippen molar-refractivity contribution in [3.63, 3.8) is 0 Å². The van der Waals surface area contributed by atoms with Gasteiger partial charge in [-0.15, -0.1) is 0 Å². The Labute approximate surface area is 205 Å². The van der Waals surface area contributed by atoms with Crippen molar-refractivity contribution in [2.45, 2.75) is 45.8 Å². The third-order valence-electron chi connectivity index (χ3n) is 4.88. The minimum absolute atomic E-state index is 0.111. The molecule has 2 aromatic carbocycles. The van der Waals surface area contributed by atoms with Gasteiger partial charge in [0.05, 0.1) is 17.0 Å². The van der Waals surface area contributed by atoms with Crippen LogP contribution in [0.2, 0.25) is 10.0 Å². The smallest absolute Gasteiger partial charge is 0.244 e. The maximum Gasteiger partial charge on any atom is 0.244 e. The number of hydrogen-bond acceptors (Lipinski definition) is 4. The van der Waals surface area contributed by atoms with Crippen LogP contribution in [0.1, 0.15) is 32.8 Å². The van der Waals surface area contributed by atoms with Crippen LogP contribution < -0.4 is 9.62 Å². The second kappa shape index (κ2) is 11.7. The molecule has 0 heterocycles. The summed E-state index contributed by atoms with van der Waals surface area (Å²) in [5.74, 6) is -0.834. The number of anilines is 1. The van der Waals surface area contributed by atoms with Crippen LogP contribution in [0.5, 0.6) is 0 Å². The van der Waals surface area contributed by atoms with E-state index in [0.29, 0.717) is 11.4 Å². The largest absolute Gasteiger partial charge is 0.352 e. The lowest BCUT2D eigenvalue weighted by Gasteiger charge is -2.33. The highest BCUT2D eigenvalue weighted by Crippen LogP contribution is 2.27. The third-order valence-corrected chi connectivity index (χ3v) is 6.58. The summed E-state index contributed by atoms with van der Waals surface area (Å²) in [7, 11) is -3.84. The van der Waals surface area contributed by atoms with Crippen LogP contribution in [0.4, 0.5) is 5.69 Å². The Morgan fingerprint density at radius 2 is 1.64 bits per heavy atom. The van der Waals surface area contributed by atoms with Crippen molar-refractivity contribution >= 4 is 50.7 Å². The lowest BCUT2D eigenvalue weighted by Crippen LogP contribution is -2.53. The number of carbonyl (C=O) groups excluding carboxylic acids is 2. The van der Waals surface area contributed by atoms with E-state index in [4.69, 9.17) is 23.2 Å². The molecule has 1 atom stereocenters. The Kier molecular flexibility index (Phi) is 9.57. The van der Waals surface area contributed by atoms with Gasteiger partial charge in [-0.05, 0) is 50.1 Å². The summed E-state index contributed by atoms with van der Waals surface area (Å²) in [6.45, 7) is 5.08. The molecule has 7 nitrogen and oxygen atoms in total. The van der Waals surface area contributed by atoms with Crippen LogP contribution in [0.15, 0.2) is 48.5 Å². The number of halogens is 2. The molecule has 0 spiro atoms. The summed E-state index contributed by atoms with van der Waals surface area (Å²) >= 11 is 12.2. The summed E-state index contributed by atoms with van der Waals surface area (Å²) in [5, 5.41) is 3.58. The van der Waals surface area contributed by atoms with Crippen molar-refractivity contribution in [1.29, 1.82) is 0 Å². The van der Waals surface area contributed by atoms with Crippen molar-refractivity contribution in [2.24, 2.45) is 0 Å². The van der Waals surface area contributed by atoms with E-state index in [1.807, 2.05) is 13.8 Å². The highest BCUT2D eigenvalue weighted by molar-refractivity contribution is 7.92. The van der Waals surface area contributed by atoms with Crippen molar-refractivity contribution < 1.29 is 18.0 Å². The number of hydrogen-bond donors (Lipinski definition) is 1. The molecule has 1 N–H and O–H groups in total. The molecule has 2 rings (SSSR count). The SMILES string of the molecule is CCC(C(=O)NC(C)C)N(Cc1ccc(Cl)cc1)C(=O)CN(c1ccccc1Cl)S(C)(=O)=O. The summed E-state index contributed by atoms with van der Waals surface area (Å²) in [6, 6.07) is 12.4. The first-order valence-corrected chi connectivity index (χ1v) is 13.1. The van der Waals surface area contributed by atoms with Crippen LogP contribution in [0, 0.1) is 0 Å². The Balaban J connectivity index is 2.44. The first-order valence-electron chi connectivity index (χ1n) is 10.5. The van der Waals surface area contributed by atoms with Gasteiger partial charge < -0.3 is 10.2 Å². The van der Waals surface area contributed by atoms with Crippen molar-refractivity contribution in [3.05, 3.63) is 64.1 Å². The van der Waals surface area contributed by atoms with E-state index in [0.717, 1.165) is 16.1 Å². The summed E-state index contributed by atoms with van der Waals surface area (Å²) in [5.41, 5.74) is 0.952. The number of carbonyl (C=O) groups is 2. The average molecular weight is 514 g/mol. The molecule has 0 aliphatic heterocycles. The zero-order chi connectivity index (χ0) is 24.8. The molecule has 2 amide bonds. The molecule has 10 heteroatoms. The number of para-hydroxylation sites is 1. The first-order chi connectivity index (χ1) is 15.4. The summed E-state index contributed by atoms with van der Waals surface area (Å²) in [4.78, 5) is 27.8. The number of rotatable bonds is 10. The molecule has 33 heavy (non-hydrogen) atoms. The average Bonchev–Trinajstić information content (AvgIpc) is 2.72. The molecule has 0 bridgehead atoms. The number of nitrogens with zero attached hydrogens (tertiary/aromatic N) is 2. The van der Waals surface area contributed by atoms with Gasteiger partial charge in [-0.3, -0.25) is 13.9 Å². The van der Waals surface area contributed by atoms with Gasteiger partial charge in [-0.1, -0.05) is 54.4 Å². The number of benzene rings is 2. The number of sulfonamides is 1. The molecule has 0 saturated heterocycles. The van der Waals surface area contributed by atoms with E-state index in [9.17, 15) is 18.0 Å². The van der Waals surface area contributed by atoms with Crippen molar-refractivity contribution in [1.82, 2.24) is 10.2 Å². The summed E-state index contributed by atoms with van der Waals surface area (Å²) in [6.07, 6.45) is 1.36. The van der Waals surface area contributed by atoms with Gasteiger partial charge >= 0.3 is 0 Å². The van der Waals surface area contributed by atoms with E-state index in [-0.39, 0.29) is 29.2 Å². The fraction of sp³-hybridized carbons (Fsp3) is 0.391. The zero-order valence-electron chi connectivity index (χ0n) is 19.1. The van der Waals surface area contributed by atoms with E-state index in [1.165, 1.54) is 11.0 Å². The van der Waals surface area contributed by atoms with E-state index >= 15 is 0 Å². The van der Waals surface area contributed by atoms with Crippen molar-refractivity contribution in [2.75, 3.05) is 17.1 Å². The molecule has 0 radical (unpaired) electrons. The maximum atomic E-state index is 13.5. The predicted molar refractivity (Wildman–Crippen MR) is 133 cm³/mol. The summed E-state index contributed by atoms with van der Waals surface area (Å²) < 4.78 is 26.1. The van der Waals surface area contributed by atoms with Crippen LogP contribution in [0.3, 0.4) is 0 Å². The lowest BCUT2D eigenvalue weighted by molar-refractivity contribution is -0.140. The highest BCUT2D eigenvalue weighted by Gasteiger charge is 2.32. The van der Waals surface area contributed by atoms with Crippen LogP contribution in [0.25, 0.3) is 0 Å². The van der Waals surface area contributed by atoms with Gasteiger partial charge in [0.25, 0.3) is 0 Å². The highest BCUT2D eigenvalue weighted by atomic mass is 35.5. The third kappa shape index (κ3) is 7.62. The molecule has 0 aliphatic rings. The standard InChI is InChI=1S/C23H29Cl2N3O4S/c1-5-20(23(30)26-16(2)3)27(14-17-10-12-18(24)13-11-17)22(29)15-28(33(4,31)32)21-9-7-6-8-19(21)25/h6-13,16,20H,5,14-15H2,1-4H3,(H,26,30). The Morgan fingerprint density at radius 3 is 2.15 bits per heavy atom. The van der Waals surface area contributed by atoms with Gasteiger partial charge in [0.1, 0.15) is 12.6 Å². The topological polar surface area (TPSA) is 86.8 Å². The Morgan fingerprint density at radius 1 is 1.03 bits per heavy atom. The van der Waals surface area contributed by atoms with E-state index in [2.05, 4.69) is 5.32 Å². The van der Waals surface area contributed by atoms with Crippen LogP contribution >= 0.6 is 23.2 Å². The molecule has 1 unspecified atom stereocenters. The van der Waals surface area contributed by atoms with Crippen molar-refractivity contribution in [3.8, 4) is 0 Å². The molecule has 180 valence electrons. The maximum absolute atomic E-state index is 13.5. The van der Waals surface area contributed by atoms with Crippen LogP contribution in [-0.2, 0) is 26.2 Å². The monoisotopic (exact) mass is 513 g/mol. The molecular weight excluding hydrogens is 485 g/mol. The quantitative estimate of drug-likeness (QED) is 0.518. The fourth-order valence-electron chi connectivity index (χ4n) is 3.34. The first kappa shape index (κ1) is 27.0. The molecular formula is C23H29Cl2N3O4S.